The number of carbonyl (C=O) groups is 2. The first-order chi connectivity index (χ1) is 58.1. The number of nitrogens with one attached hydrogen (secondary N) is 1. The second-order valence-electron chi connectivity index (χ2n) is 26.4. The van der Waals surface area contributed by atoms with E-state index in [2.05, 4.69) is 65.1 Å². The van der Waals surface area contributed by atoms with Gasteiger partial charge in [0.1, 0.15) is 36.2 Å². The van der Waals surface area contributed by atoms with Crippen molar-refractivity contribution in [1.29, 1.82) is 0 Å². The molecule has 0 atom stereocenters. The fourth-order valence-corrected chi connectivity index (χ4v) is 11.8. The van der Waals surface area contributed by atoms with E-state index < -0.39 is 20.0 Å². The molecule has 0 bridgehead atoms. The molecule has 0 aliphatic heterocycles. The summed E-state index contributed by atoms with van der Waals surface area (Å²) in [6.07, 6.45) is 0. The van der Waals surface area contributed by atoms with Gasteiger partial charge in [-0.1, -0.05) is 145 Å². The number of rotatable bonds is 25. The number of anilines is 1. The molecule has 6 aromatic heterocycles. The number of alkyl halides is 2. The Bertz CT molecular complexity index is 5570. The van der Waals surface area contributed by atoms with Gasteiger partial charge in [0.2, 0.25) is 0 Å². The topological polar surface area (TPSA) is 394 Å². The summed E-state index contributed by atoms with van der Waals surface area (Å²) in [6, 6.07) is 76.0. The SMILES string of the molecule is CCOC(=O)c1cc(C)[nH]n1.CCOC(=O)c1cc(C)nn1Cc1ccccc1.Cc1cc(CO)n(Cc2ccccc2)n1.Cc1cc(COc2ccc(N)cc2)[n-]n1.Cc1cc(COc2ccc([N+](=O)[O-])cc2)n(Cc2ccccc2)n1.Cc1ccc(S(=O)(=O)OCc2cc(C)nn2Cc2ccccc2)cc1.ClCCl.O=[N+]([O-])c1ccc(O)cc1.[Y]. The number of aliphatic hydroxyl groups is 1. The van der Waals surface area contributed by atoms with Crippen molar-refractivity contribution in [2.75, 3.05) is 24.3 Å². The second-order valence-corrected chi connectivity index (χ2v) is 28.8. The number of esters is 2. The van der Waals surface area contributed by atoms with Crippen molar-refractivity contribution in [2.45, 2.75) is 120 Å². The van der Waals surface area contributed by atoms with Crippen LogP contribution in [0.15, 0.2) is 260 Å². The largest absolute Gasteiger partial charge is 0.576 e. The van der Waals surface area contributed by atoms with Gasteiger partial charge in [-0.2, -0.15) is 33.9 Å². The predicted molar refractivity (Wildman–Crippen MR) is 461 cm³/mol. The van der Waals surface area contributed by atoms with E-state index in [1.54, 1.807) is 83.9 Å². The van der Waals surface area contributed by atoms with Crippen molar-refractivity contribution in [3.05, 3.63) is 371 Å². The number of phenols is 1. The summed E-state index contributed by atoms with van der Waals surface area (Å²) in [7, 11) is -3.80. The Hall–Kier alpha value is -12.5. The standard InChI is InChI=1S/C19H20N2O3S.C18H17N3O3.C14H16N2O2.C12H14N2O.C11H12N3O.C7H10N2O2.C6H5NO3.CH2Cl2.Y/c1-15-8-10-19(11-9-15)25(22,23)24-14-18-12-16(2)20-21(18)13-17-6-4-3-5-7-17;1-14-11-17(20(19-14)12-15-5-3-2-4-6-15)13-24-18-9-7-16(8-10-18)21(22)23;1-3-18-14(17)13-9-11(2)15-16(13)10-12-7-5-4-6-8-12;1-10-7-12(9-15)14(13-10)8-11-5-3-2-4-6-11;1-8-6-10(14-13-8)7-15-11-4-2-9(12)3-5-11;1-3-11-7(10)6-4-5(2)8-9-6;8-6-3-1-5(2-4-6)7(9)10;2-1-3;/h3-12H,13-14H2,1-2H3;2-11H,12-13H2,1H3;4-9H,3,10H2,1-2H3;2-7,15H,8-9H2,1H3;2-6H,7,12H2,1H3;4H,3H2,1-2H3,(H,8,9);1-4,8H;1H2;/q;;;;-1;;;;. The van der Waals surface area contributed by atoms with Crippen molar-refractivity contribution >= 4 is 62.3 Å². The molecule has 8 aromatic carbocycles. The zero-order valence-electron chi connectivity index (χ0n) is 68.9. The quantitative estimate of drug-likeness (QED) is 0.0103. The summed E-state index contributed by atoms with van der Waals surface area (Å²) in [6.45, 7) is 20.9. The van der Waals surface area contributed by atoms with Crippen molar-refractivity contribution in [1.82, 2.24) is 59.5 Å². The molecule has 0 spiro atoms. The van der Waals surface area contributed by atoms with Crippen LogP contribution >= 0.6 is 23.2 Å². The molecule has 0 saturated heterocycles. The number of benzene rings is 8. The van der Waals surface area contributed by atoms with E-state index in [-0.39, 0.29) is 85.2 Å². The van der Waals surface area contributed by atoms with Crippen molar-refractivity contribution in [3.63, 3.8) is 0 Å². The van der Waals surface area contributed by atoms with Gasteiger partial charge in [-0.3, -0.25) is 48.2 Å². The maximum atomic E-state index is 12.3. The number of hydrogen-bond donors (Lipinski definition) is 4. The van der Waals surface area contributed by atoms with Gasteiger partial charge < -0.3 is 45.1 Å². The molecule has 0 aliphatic rings. The summed E-state index contributed by atoms with van der Waals surface area (Å²) < 4.78 is 58.1. The van der Waals surface area contributed by atoms with Crippen LogP contribution in [0.2, 0.25) is 0 Å². The fourth-order valence-electron chi connectivity index (χ4n) is 10.9. The van der Waals surface area contributed by atoms with E-state index in [1.807, 2.05) is 191 Å². The van der Waals surface area contributed by atoms with Crippen LogP contribution < -0.4 is 20.3 Å². The number of nitro groups is 2. The molecule has 122 heavy (non-hydrogen) atoms. The Morgan fingerprint density at radius 1 is 0.500 bits per heavy atom. The molecule has 637 valence electrons. The maximum absolute atomic E-state index is 12.3. The van der Waals surface area contributed by atoms with Gasteiger partial charge in [0, 0.05) is 74.0 Å². The number of nitro benzene ring substituents is 2. The number of phenolic OH excluding ortho intramolecular Hbond substituents is 1. The summed E-state index contributed by atoms with van der Waals surface area (Å²) in [5.41, 5.74) is 21.3. The zero-order valence-corrected chi connectivity index (χ0v) is 74.0. The van der Waals surface area contributed by atoms with E-state index in [1.165, 1.54) is 42.0 Å². The van der Waals surface area contributed by atoms with Crippen LogP contribution in [0.1, 0.15) is 120 Å². The minimum atomic E-state index is -3.80. The number of aromatic hydroxyl groups is 1. The number of nitrogens with zero attached hydrogens (tertiary/aromatic N) is 13. The number of aromatic nitrogens is 12. The first-order valence-electron chi connectivity index (χ1n) is 37.7. The van der Waals surface area contributed by atoms with Gasteiger partial charge in [-0.25, -0.2) is 9.59 Å². The monoisotopic (exact) mass is 1790 g/mol. The molecule has 30 nitrogen and oxygen atoms in total. The van der Waals surface area contributed by atoms with E-state index in [0.29, 0.717) is 69.7 Å². The van der Waals surface area contributed by atoms with Crippen LogP contribution in [-0.4, -0.2) is 113 Å². The van der Waals surface area contributed by atoms with Crippen LogP contribution in [0, 0.1) is 68.7 Å². The summed E-state index contributed by atoms with van der Waals surface area (Å²) in [5, 5.41) is 70.6. The van der Waals surface area contributed by atoms with Crippen molar-refractivity contribution in [3.8, 4) is 17.2 Å². The molecule has 0 amide bonds. The number of halogens is 2. The van der Waals surface area contributed by atoms with Gasteiger partial charge >= 0.3 is 11.9 Å². The average molecular weight is 1800 g/mol. The van der Waals surface area contributed by atoms with E-state index in [4.69, 9.17) is 62.3 Å². The summed E-state index contributed by atoms with van der Waals surface area (Å²) in [5.74, 6) is 0.701. The third kappa shape index (κ3) is 34.7. The predicted octanol–water partition coefficient (Wildman–Crippen LogP) is 16.5. The number of ether oxygens (including phenoxy) is 4. The van der Waals surface area contributed by atoms with Crippen molar-refractivity contribution < 1.29 is 93.9 Å². The maximum Gasteiger partial charge on any atom is 0.358 e. The number of non-ortho nitro benzene ring substituents is 2. The zero-order chi connectivity index (χ0) is 87.6. The molecular formula is C88H96Cl2N15O15SY-. The number of nitrogens with two attached hydrogens (primary N) is 1. The number of aliphatic hydroxyl groups excluding tert-OH is 1. The van der Waals surface area contributed by atoms with Gasteiger partial charge in [-0.15, -0.1) is 28.9 Å². The number of nitrogen functional groups attached to an aromatic ring is 1. The molecule has 1 radical (unpaired) electrons. The Kier molecular flexibility index (Phi) is 41.8. The Morgan fingerprint density at radius 3 is 1.31 bits per heavy atom. The molecule has 34 heteroatoms. The molecule has 14 aromatic rings. The van der Waals surface area contributed by atoms with Gasteiger partial charge in [-0.05, 0) is 176 Å². The summed E-state index contributed by atoms with van der Waals surface area (Å²) >= 11 is 9.53. The van der Waals surface area contributed by atoms with Gasteiger partial charge in [0.25, 0.3) is 21.5 Å². The Labute approximate surface area is 742 Å². The minimum absolute atomic E-state index is 0. The normalized spacial score (nSPS) is 10.3. The smallest absolute Gasteiger partial charge is 0.358 e. The van der Waals surface area contributed by atoms with Crippen LogP contribution in [-0.2, 0) is 109 Å². The van der Waals surface area contributed by atoms with E-state index in [0.717, 1.165) is 90.6 Å². The molecule has 0 fully saturated rings. The number of aryl methyl sites for hydroxylation is 7. The Morgan fingerprint density at radius 2 is 0.893 bits per heavy atom. The number of hydrogen-bond acceptors (Lipinski definition) is 22. The average Bonchev–Trinajstić information content (AvgIpc) is 0.929. The Balaban J connectivity index is 0.000000223. The van der Waals surface area contributed by atoms with Crippen LogP contribution in [0.25, 0.3) is 0 Å². The molecule has 5 N–H and O–H groups in total. The van der Waals surface area contributed by atoms with Crippen molar-refractivity contribution in [2.24, 2.45) is 0 Å². The molecule has 0 aliphatic carbocycles. The molecule has 0 unspecified atom stereocenters. The third-order valence-corrected chi connectivity index (χ3v) is 17.8. The van der Waals surface area contributed by atoms with Crippen LogP contribution in [0.3, 0.4) is 0 Å². The van der Waals surface area contributed by atoms with Crippen LogP contribution in [0.5, 0.6) is 17.2 Å². The molecular weight excluding hydrogens is 1700 g/mol. The first kappa shape index (κ1) is 98.3. The fraction of sp³-hybridized carbons (Fsp3) is 0.227. The van der Waals surface area contributed by atoms with E-state index >= 15 is 0 Å². The minimum Gasteiger partial charge on any atom is -0.576 e. The first-order valence-corrected chi connectivity index (χ1v) is 40.2. The molecule has 6 heterocycles. The molecule has 0 saturated carbocycles. The number of H-pyrrole nitrogens is 1. The van der Waals surface area contributed by atoms with E-state index in [9.17, 15) is 38.2 Å². The summed E-state index contributed by atoms with van der Waals surface area (Å²) in [4.78, 5) is 42.7. The second kappa shape index (κ2) is 51.9. The number of carbonyl (C=O) groups excluding carboxylic acids is 2. The van der Waals surface area contributed by atoms with Crippen LogP contribution in [0.4, 0.5) is 17.1 Å². The molecule has 14 rings (SSSR count). The van der Waals surface area contributed by atoms with Gasteiger partial charge in [0.15, 0.2) is 5.69 Å². The number of aromatic amines is 1. The third-order valence-electron chi connectivity index (χ3n) is 16.5. The van der Waals surface area contributed by atoms with Gasteiger partial charge in [0.05, 0.1) is 113 Å².